The topological polar surface area (TPSA) is 156 Å². The average Bonchev–Trinajstić information content (AvgIpc) is 3.66. The van der Waals surface area contributed by atoms with Crippen LogP contribution < -0.4 is 15.7 Å². The van der Waals surface area contributed by atoms with Gasteiger partial charge in [-0.2, -0.15) is 32.1 Å². The molecule has 1 aliphatic carbocycles. The van der Waals surface area contributed by atoms with E-state index in [2.05, 4.69) is 36.9 Å². The van der Waals surface area contributed by atoms with Crippen molar-refractivity contribution in [3.05, 3.63) is 111 Å². The van der Waals surface area contributed by atoms with Crippen LogP contribution in [-0.4, -0.2) is 49.9 Å². The van der Waals surface area contributed by atoms with Gasteiger partial charge in [0.25, 0.3) is 5.92 Å². The van der Waals surface area contributed by atoms with Gasteiger partial charge in [0, 0.05) is 28.5 Å². The highest BCUT2D eigenvalue weighted by molar-refractivity contribution is 7.92. The number of hydrogen-bond donors (Lipinski definition) is 3. The molecule has 1 aliphatic rings. The Bertz CT molecular complexity index is 2400. The molecule has 6 rings (SSSR count). The number of nitrogens with one attached hydrogen (secondary N) is 3. The molecule has 2 atom stereocenters. The second-order valence-electron chi connectivity index (χ2n) is 12.2. The summed E-state index contributed by atoms with van der Waals surface area (Å²) in [6, 6.07) is 5.40. The molecule has 274 valence electrons. The van der Waals surface area contributed by atoms with Crippen molar-refractivity contribution in [2.24, 2.45) is 5.92 Å². The number of allylic oxidation sites excluding steroid dienone is 1. The van der Waals surface area contributed by atoms with E-state index in [-0.39, 0.29) is 44.1 Å². The number of alkyl halides is 5. The van der Waals surface area contributed by atoms with Gasteiger partial charge in [0.15, 0.2) is 11.3 Å². The molecule has 4 heterocycles. The third-order valence-corrected chi connectivity index (χ3v) is 9.07. The van der Waals surface area contributed by atoms with Crippen molar-refractivity contribution in [1.29, 1.82) is 0 Å². The molecule has 0 aliphatic heterocycles. The summed E-state index contributed by atoms with van der Waals surface area (Å²) < 4.78 is 129. The lowest BCUT2D eigenvalue weighted by Gasteiger charge is -2.24. The van der Waals surface area contributed by atoms with Gasteiger partial charge in [0.1, 0.15) is 23.9 Å². The number of aromatic nitrogens is 6. The minimum absolute atomic E-state index is 0.0215. The third kappa shape index (κ3) is 6.89. The largest absolute Gasteiger partial charge is 0.435 e. The van der Waals surface area contributed by atoms with Crippen LogP contribution in [0.2, 0.25) is 0 Å². The normalized spacial score (nSPS) is 16.1. The van der Waals surface area contributed by atoms with E-state index in [1.165, 1.54) is 29.5 Å². The molecule has 1 aromatic carbocycles. The molecule has 4 aromatic heterocycles. The summed E-state index contributed by atoms with van der Waals surface area (Å²) in [5.74, 6) is -8.64. The zero-order valence-corrected chi connectivity index (χ0v) is 27.8. The maximum absolute atomic E-state index is 15.4. The maximum atomic E-state index is 15.4. The Morgan fingerprint density at radius 1 is 1.15 bits per heavy atom. The molecule has 0 bridgehead atoms. The number of sulfonamides is 1. The molecule has 0 fully saturated rings. The number of fused-ring (bicyclic) bond motifs is 2. The Morgan fingerprint density at radius 3 is 2.48 bits per heavy atom. The van der Waals surface area contributed by atoms with E-state index in [4.69, 9.17) is 0 Å². The van der Waals surface area contributed by atoms with Gasteiger partial charge in [-0.1, -0.05) is 6.08 Å². The number of benzene rings is 1. The lowest BCUT2D eigenvalue weighted by molar-refractivity contribution is -0.142. The van der Waals surface area contributed by atoms with Gasteiger partial charge in [-0.3, -0.25) is 19.2 Å². The van der Waals surface area contributed by atoms with Crippen LogP contribution in [0.3, 0.4) is 0 Å². The summed E-state index contributed by atoms with van der Waals surface area (Å²) in [6.45, 7) is 3.70. The van der Waals surface area contributed by atoms with Crippen LogP contribution in [0.4, 0.5) is 36.4 Å². The molecule has 12 nitrogen and oxygen atoms in total. The predicted octanol–water partition coefficient (Wildman–Crippen LogP) is 4.81. The Hall–Kier alpha value is -5.53. The van der Waals surface area contributed by atoms with E-state index in [1.54, 1.807) is 0 Å². The van der Waals surface area contributed by atoms with Crippen LogP contribution in [-0.2, 0) is 46.3 Å². The zero-order chi connectivity index (χ0) is 37.9. The number of carbonyl (C=O) groups is 1. The van der Waals surface area contributed by atoms with E-state index in [1.807, 2.05) is 0 Å². The van der Waals surface area contributed by atoms with E-state index >= 15 is 8.78 Å². The molecule has 1 amide bonds. The number of hydrogen-bond acceptors (Lipinski definition) is 7. The smallest absolute Gasteiger partial charge is 0.346 e. The SMILES string of the molecule is C=CC1Cc2c(C(F)(F)F)nn(CC(=O)NC(Cc3cc(F)cc(F)c3)c3ncc(NS(C)(=O)=O)cc3-c3ccc4n[nH]c(=O)n4c3C)c2C1(F)F. The first-order valence-electron chi connectivity index (χ1n) is 15.2. The molecule has 3 N–H and O–H groups in total. The third-order valence-electron chi connectivity index (χ3n) is 8.46. The lowest BCUT2D eigenvalue weighted by Crippen LogP contribution is -2.35. The van der Waals surface area contributed by atoms with E-state index in [0.29, 0.717) is 6.07 Å². The molecule has 2 unspecified atom stereocenters. The standard InChI is InChI=1S/C32H27F7N8O4S/c1-4-17-10-23-28(32(37,38)39)44-46(29(23)31(17,35)36)14-26(48)41-24(9-16-7-18(33)11-19(34)8-16)27-22(12-20(13-40-27)45-52(3,50)51)21-5-6-25-42-43-30(49)47(25)15(21)2/h4-8,11-13,17,24,45H,1,9-10,14H2,2-3H3,(H,41,48)(H,43,49). The Labute approximate surface area is 289 Å². The van der Waals surface area contributed by atoms with E-state index < -0.39 is 93.7 Å². The summed E-state index contributed by atoms with van der Waals surface area (Å²) in [5.41, 5.74) is -3.39. The van der Waals surface area contributed by atoms with Gasteiger partial charge >= 0.3 is 11.9 Å². The molecule has 52 heavy (non-hydrogen) atoms. The monoisotopic (exact) mass is 752 g/mol. The number of aromatic amines is 1. The summed E-state index contributed by atoms with van der Waals surface area (Å²) in [6.07, 6.45) is -3.48. The number of aryl methyl sites for hydroxylation is 1. The first-order chi connectivity index (χ1) is 24.3. The summed E-state index contributed by atoms with van der Waals surface area (Å²) in [4.78, 5) is 30.6. The van der Waals surface area contributed by atoms with Gasteiger partial charge < -0.3 is 5.32 Å². The average molecular weight is 753 g/mol. The van der Waals surface area contributed by atoms with Gasteiger partial charge in [0.2, 0.25) is 15.9 Å². The number of rotatable bonds is 10. The number of amides is 1. The van der Waals surface area contributed by atoms with Gasteiger partial charge in [-0.15, -0.1) is 6.58 Å². The second-order valence-corrected chi connectivity index (χ2v) is 13.9. The predicted molar refractivity (Wildman–Crippen MR) is 172 cm³/mol. The van der Waals surface area contributed by atoms with Crippen LogP contribution in [0, 0.1) is 24.5 Å². The van der Waals surface area contributed by atoms with E-state index in [0.717, 1.165) is 30.7 Å². The molecule has 5 aromatic rings. The van der Waals surface area contributed by atoms with Gasteiger partial charge in [0.05, 0.1) is 35.8 Å². The molecule has 20 heteroatoms. The molecule has 0 spiro atoms. The van der Waals surface area contributed by atoms with Gasteiger partial charge in [-0.25, -0.2) is 31.5 Å². The minimum Gasteiger partial charge on any atom is -0.346 e. The molecule has 0 saturated heterocycles. The number of nitrogens with zero attached hydrogens (tertiary/aromatic N) is 5. The highest BCUT2D eigenvalue weighted by atomic mass is 32.2. The Kier molecular flexibility index (Phi) is 9.00. The lowest BCUT2D eigenvalue weighted by atomic mass is 9.94. The van der Waals surface area contributed by atoms with E-state index in [9.17, 15) is 40.0 Å². The van der Waals surface area contributed by atoms with Crippen molar-refractivity contribution in [1.82, 2.24) is 34.7 Å². The second kappa shape index (κ2) is 12.9. The van der Waals surface area contributed by atoms with Crippen LogP contribution in [0.5, 0.6) is 0 Å². The van der Waals surface area contributed by atoms with Crippen molar-refractivity contribution in [3.63, 3.8) is 0 Å². The summed E-state index contributed by atoms with van der Waals surface area (Å²) in [7, 11) is -3.86. The van der Waals surface area contributed by atoms with Crippen LogP contribution in [0.25, 0.3) is 16.8 Å². The highest BCUT2D eigenvalue weighted by Crippen LogP contribution is 2.50. The van der Waals surface area contributed by atoms with Crippen LogP contribution in [0.15, 0.2) is 60.0 Å². The first kappa shape index (κ1) is 36.3. The van der Waals surface area contributed by atoms with Crippen molar-refractivity contribution >= 4 is 27.3 Å². The van der Waals surface area contributed by atoms with Crippen molar-refractivity contribution < 1.29 is 43.9 Å². The fraction of sp³-hybridized carbons (Fsp3) is 0.281. The number of carbonyl (C=O) groups excluding carboxylic acids is 1. The van der Waals surface area contributed by atoms with Crippen molar-refractivity contribution in [2.75, 3.05) is 11.0 Å². The number of H-pyrrole nitrogens is 1. The molecule has 0 saturated carbocycles. The summed E-state index contributed by atoms with van der Waals surface area (Å²) in [5, 5.41) is 12.1. The molecular weight excluding hydrogens is 725 g/mol. The summed E-state index contributed by atoms with van der Waals surface area (Å²) >= 11 is 0. The maximum Gasteiger partial charge on any atom is 0.435 e. The van der Waals surface area contributed by atoms with Gasteiger partial charge in [-0.05, 0) is 55.7 Å². The fourth-order valence-electron chi connectivity index (χ4n) is 6.39. The first-order valence-corrected chi connectivity index (χ1v) is 17.1. The molecular formula is C32H27F7N8O4S. The highest BCUT2D eigenvalue weighted by Gasteiger charge is 2.55. The van der Waals surface area contributed by atoms with Crippen LogP contribution >= 0.6 is 0 Å². The minimum atomic E-state index is -5.13. The quantitative estimate of drug-likeness (QED) is 0.137. The molecule has 0 radical (unpaired) electrons. The van der Waals surface area contributed by atoms with Crippen molar-refractivity contribution in [2.45, 2.75) is 44.5 Å². The zero-order valence-electron chi connectivity index (χ0n) is 27.0. The van der Waals surface area contributed by atoms with Crippen molar-refractivity contribution in [3.8, 4) is 11.1 Å². The Morgan fingerprint density at radius 2 is 1.85 bits per heavy atom. The van der Waals surface area contributed by atoms with Crippen LogP contribution in [0.1, 0.15) is 39.9 Å². The fourth-order valence-corrected chi connectivity index (χ4v) is 6.93. The number of pyridine rings is 2. The number of halogens is 7. The Balaban J connectivity index is 1.48. The number of anilines is 1.